The molecule has 3 rings (SSSR count). The molecule has 1 atom stereocenters. The fourth-order valence-electron chi connectivity index (χ4n) is 3.06. The van der Waals surface area contributed by atoms with E-state index in [1.807, 2.05) is 12.3 Å². The van der Waals surface area contributed by atoms with E-state index >= 15 is 0 Å². The number of carboxylic acid groups (broad SMARTS) is 1. The normalized spacial score (nSPS) is 16.0. The second-order valence-electron chi connectivity index (χ2n) is 6.90. The first-order valence-corrected chi connectivity index (χ1v) is 9.61. The van der Waals surface area contributed by atoms with E-state index < -0.39 is 18.0 Å². The Morgan fingerprint density at radius 2 is 2.06 bits per heavy atom. The van der Waals surface area contributed by atoms with Crippen molar-refractivity contribution in [3.05, 3.63) is 52.8 Å². The first-order chi connectivity index (χ1) is 15.0. The van der Waals surface area contributed by atoms with E-state index in [0.29, 0.717) is 19.6 Å². The molecule has 1 aromatic heterocycles. The van der Waals surface area contributed by atoms with E-state index in [1.165, 1.54) is 13.2 Å². The topological polar surface area (TPSA) is 96.7 Å². The van der Waals surface area contributed by atoms with Crippen molar-refractivity contribution < 1.29 is 37.0 Å². The number of imidazole rings is 1. The predicted octanol–water partition coefficient (Wildman–Crippen LogP) is 2.63. The first-order valence-electron chi connectivity index (χ1n) is 9.24. The molecule has 0 saturated carbocycles. The fourth-order valence-corrected chi connectivity index (χ4v) is 3.17. The van der Waals surface area contributed by atoms with Crippen molar-refractivity contribution in [2.24, 2.45) is 0 Å². The molecule has 0 spiro atoms. The number of methoxy groups -OCH3 is 1. The number of alkyl halides is 3. The Morgan fingerprint density at radius 3 is 2.66 bits per heavy atom. The summed E-state index contributed by atoms with van der Waals surface area (Å²) in [5.74, 6) is -3.32. The van der Waals surface area contributed by atoms with Gasteiger partial charge in [-0.3, -0.25) is 9.69 Å². The molecule has 2 aromatic rings. The van der Waals surface area contributed by atoms with Crippen molar-refractivity contribution in [2.45, 2.75) is 25.3 Å². The van der Waals surface area contributed by atoms with E-state index in [9.17, 15) is 22.4 Å². The third-order valence-corrected chi connectivity index (χ3v) is 4.74. The summed E-state index contributed by atoms with van der Waals surface area (Å²) >= 11 is 5.74. The number of benzene rings is 1. The van der Waals surface area contributed by atoms with Gasteiger partial charge in [0.25, 0.3) is 0 Å². The number of nitrogens with zero attached hydrogens (tertiary/aromatic N) is 3. The van der Waals surface area contributed by atoms with Gasteiger partial charge >= 0.3 is 12.1 Å². The van der Waals surface area contributed by atoms with Crippen molar-refractivity contribution in [2.75, 3.05) is 26.8 Å². The number of carbonyl (C=O) groups is 2. The molecular formula is C19H21ClF4N4O4. The van der Waals surface area contributed by atoms with Gasteiger partial charge in [0.15, 0.2) is 0 Å². The molecule has 176 valence electrons. The summed E-state index contributed by atoms with van der Waals surface area (Å²) < 4.78 is 52.3. The number of carboxylic acids is 1. The van der Waals surface area contributed by atoms with Crippen LogP contribution in [0.2, 0.25) is 5.02 Å². The molecule has 0 aliphatic carbocycles. The Hall–Kier alpha value is -2.70. The zero-order valence-electron chi connectivity index (χ0n) is 16.9. The van der Waals surface area contributed by atoms with Crippen molar-refractivity contribution in [1.29, 1.82) is 0 Å². The van der Waals surface area contributed by atoms with Crippen LogP contribution in [0.3, 0.4) is 0 Å². The van der Waals surface area contributed by atoms with Gasteiger partial charge in [-0.05, 0) is 17.7 Å². The lowest BCUT2D eigenvalue weighted by atomic mass is 10.1. The summed E-state index contributed by atoms with van der Waals surface area (Å²) in [4.78, 5) is 27.0. The van der Waals surface area contributed by atoms with Crippen molar-refractivity contribution in [3.8, 4) is 0 Å². The Kier molecular flexibility index (Phi) is 8.99. The third kappa shape index (κ3) is 7.46. The van der Waals surface area contributed by atoms with Gasteiger partial charge in [0.05, 0.1) is 23.1 Å². The number of fused-ring (bicyclic) bond motifs is 1. The van der Waals surface area contributed by atoms with Crippen LogP contribution in [0.25, 0.3) is 0 Å². The number of hydrogen-bond donors (Lipinski definition) is 2. The highest BCUT2D eigenvalue weighted by Gasteiger charge is 2.38. The molecule has 0 radical (unpaired) electrons. The van der Waals surface area contributed by atoms with Crippen molar-refractivity contribution in [3.63, 3.8) is 0 Å². The van der Waals surface area contributed by atoms with Crippen LogP contribution >= 0.6 is 11.6 Å². The van der Waals surface area contributed by atoms with Crippen LogP contribution in [-0.2, 0) is 27.4 Å². The monoisotopic (exact) mass is 480 g/mol. The van der Waals surface area contributed by atoms with E-state index in [0.717, 1.165) is 17.8 Å². The minimum Gasteiger partial charge on any atom is -0.475 e. The summed E-state index contributed by atoms with van der Waals surface area (Å²) in [7, 11) is 1.49. The molecule has 13 heteroatoms. The standard InChI is InChI=1S/C17H20ClFN4O2.C2HF3O2/c1-25-10-17(24)21-6-14-9-22(8-13-5-20-11-23(13)14)7-12-2-3-15(18)16(19)4-12;3-2(4,5)1(6)7/h2-5,11,14H,6-10H2,1H3,(H,21,24);(H,6,7). The number of carbonyl (C=O) groups excluding carboxylic acids is 1. The Labute approximate surface area is 185 Å². The van der Waals surface area contributed by atoms with Gasteiger partial charge in [0.1, 0.15) is 12.4 Å². The zero-order valence-corrected chi connectivity index (χ0v) is 17.7. The average Bonchev–Trinajstić information content (AvgIpc) is 3.18. The maximum Gasteiger partial charge on any atom is 0.490 e. The minimum atomic E-state index is -5.08. The van der Waals surface area contributed by atoms with Gasteiger partial charge in [-0.25, -0.2) is 14.2 Å². The maximum absolute atomic E-state index is 13.7. The van der Waals surface area contributed by atoms with Gasteiger partial charge in [-0.15, -0.1) is 0 Å². The Balaban J connectivity index is 0.000000451. The van der Waals surface area contributed by atoms with Crippen molar-refractivity contribution in [1.82, 2.24) is 19.8 Å². The molecular weight excluding hydrogens is 460 g/mol. The SMILES string of the molecule is COCC(=O)NCC1CN(Cc2ccc(Cl)c(F)c2)Cc2cncn21.O=C(O)C(F)(F)F. The summed E-state index contributed by atoms with van der Waals surface area (Å²) in [6.45, 7) is 2.56. The van der Waals surface area contributed by atoms with E-state index in [2.05, 4.69) is 19.8 Å². The molecule has 0 bridgehead atoms. The molecule has 1 amide bonds. The van der Waals surface area contributed by atoms with Gasteiger partial charge in [0, 0.05) is 39.5 Å². The number of halogens is 5. The highest BCUT2D eigenvalue weighted by Crippen LogP contribution is 2.23. The first kappa shape index (κ1) is 25.6. The van der Waals surface area contributed by atoms with Crippen LogP contribution in [0.15, 0.2) is 30.7 Å². The lowest BCUT2D eigenvalue weighted by Gasteiger charge is -2.34. The number of hydrogen-bond acceptors (Lipinski definition) is 5. The van der Waals surface area contributed by atoms with Gasteiger partial charge in [-0.2, -0.15) is 13.2 Å². The number of aromatic nitrogens is 2. The molecule has 2 N–H and O–H groups in total. The van der Waals surface area contributed by atoms with Crippen LogP contribution in [-0.4, -0.2) is 64.4 Å². The number of nitrogens with one attached hydrogen (secondary N) is 1. The van der Waals surface area contributed by atoms with Crippen LogP contribution in [0.5, 0.6) is 0 Å². The second kappa shape index (κ2) is 11.2. The number of rotatable bonds is 6. The molecule has 1 unspecified atom stereocenters. The molecule has 1 aliphatic rings. The summed E-state index contributed by atoms with van der Waals surface area (Å²) in [5.41, 5.74) is 1.92. The maximum atomic E-state index is 13.7. The number of ether oxygens (including phenoxy) is 1. The summed E-state index contributed by atoms with van der Waals surface area (Å²) in [6.07, 6.45) is -1.49. The van der Waals surface area contributed by atoms with Crippen LogP contribution in [0.4, 0.5) is 17.6 Å². The zero-order chi connectivity index (χ0) is 23.9. The molecule has 1 aliphatic heterocycles. The van der Waals surface area contributed by atoms with E-state index in [1.54, 1.807) is 12.4 Å². The quantitative estimate of drug-likeness (QED) is 0.617. The smallest absolute Gasteiger partial charge is 0.475 e. The minimum absolute atomic E-state index is 0.0390. The van der Waals surface area contributed by atoms with Gasteiger partial charge in [0.2, 0.25) is 5.91 Å². The van der Waals surface area contributed by atoms with Crippen LogP contribution < -0.4 is 5.32 Å². The van der Waals surface area contributed by atoms with Crippen molar-refractivity contribution >= 4 is 23.5 Å². The molecule has 2 heterocycles. The Morgan fingerprint density at radius 1 is 1.38 bits per heavy atom. The van der Waals surface area contributed by atoms with Gasteiger partial charge < -0.3 is 19.7 Å². The lowest BCUT2D eigenvalue weighted by Crippen LogP contribution is -2.42. The van der Waals surface area contributed by atoms with Crippen LogP contribution in [0.1, 0.15) is 17.3 Å². The molecule has 32 heavy (non-hydrogen) atoms. The Bertz CT molecular complexity index is 938. The lowest BCUT2D eigenvalue weighted by molar-refractivity contribution is -0.192. The average molecular weight is 481 g/mol. The summed E-state index contributed by atoms with van der Waals surface area (Å²) in [5, 5.41) is 10.1. The summed E-state index contributed by atoms with van der Waals surface area (Å²) in [6, 6.07) is 4.92. The largest absolute Gasteiger partial charge is 0.490 e. The fraction of sp³-hybridized carbons (Fsp3) is 0.421. The third-order valence-electron chi connectivity index (χ3n) is 4.44. The molecule has 0 fully saturated rings. The highest BCUT2D eigenvalue weighted by molar-refractivity contribution is 6.30. The van der Waals surface area contributed by atoms with Crippen LogP contribution in [0, 0.1) is 5.82 Å². The van der Waals surface area contributed by atoms with E-state index in [-0.39, 0.29) is 23.6 Å². The van der Waals surface area contributed by atoms with Gasteiger partial charge in [-0.1, -0.05) is 17.7 Å². The molecule has 1 aromatic carbocycles. The molecule has 0 saturated heterocycles. The number of amides is 1. The molecule has 8 nitrogen and oxygen atoms in total. The highest BCUT2D eigenvalue weighted by atomic mass is 35.5. The van der Waals surface area contributed by atoms with E-state index in [4.69, 9.17) is 26.2 Å². The predicted molar refractivity (Wildman–Crippen MR) is 105 cm³/mol. The number of aliphatic carboxylic acids is 1. The second-order valence-corrected chi connectivity index (χ2v) is 7.31.